The van der Waals surface area contributed by atoms with Gasteiger partial charge in [-0.2, -0.15) is 0 Å². The average Bonchev–Trinajstić information content (AvgIpc) is 1.77. The quantitative estimate of drug-likeness (QED) is 0.437. The van der Waals surface area contributed by atoms with Crippen LogP contribution in [-0.4, -0.2) is 22.4 Å². The first-order valence-corrected chi connectivity index (χ1v) is 2.83. The third-order valence-electron chi connectivity index (χ3n) is 1.31. The third kappa shape index (κ3) is 1.32. The van der Waals surface area contributed by atoms with E-state index in [4.69, 9.17) is 10.2 Å². The molecule has 0 aliphatic heterocycles. The van der Waals surface area contributed by atoms with Crippen LogP contribution in [-0.2, 0) is 0 Å². The predicted molar refractivity (Wildman–Crippen MR) is 30.4 cm³/mol. The molecule has 0 bridgehead atoms. The Balaban J connectivity index is 2.42. The molecule has 0 aromatic rings. The zero-order valence-electron chi connectivity index (χ0n) is 4.62. The highest BCUT2D eigenvalue weighted by atomic mass is 16.3. The van der Waals surface area contributed by atoms with Crippen LogP contribution in [0, 0.1) is 0 Å². The van der Waals surface area contributed by atoms with Crippen molar-refractivity contribution in [2.45, 2.75) is 25.0 Å². The molecule has 2 heteroatoms. The lowest BCUT2D eigenvalue weighted by Gasteiger charge is -2.13. The Morgan fingerprint density at radius 3 is 1.62 bits per heavy atom. The first kappa shape index (κ1) is 5.79. The Hall–Kier alpha value is -0.340. The van der Waals surface area contributed by atoms with E-state index < -0.39 is 0 Å². The fraction of sp³-hybridized carbons (Fsp3) is 0.667. The number of aliphatic hydroxyl groups excluding tert-OH is 2. The van der Waals surface area contributed by atoms with Gasteiger partial charge >= 0.3 is 0 Å². The van der Waals surface area contributed by atoms with Crippen LogP contribution >= 0.6 is 0 Å². The van der Waals surface area contributed by atoms with Crippen LogP contribution in [0.4, 0.5) is 0 Å². The summed E-state index contributed by atoms with van der Waals surface area (Å²) in [4.78, 5) is 0. The smallest absolute Gasteiger partial charge is 0.0722 e. The van der Waals surface area contributed by atoms with E-state index in [1.165, 1.54) is 0 Å². The summed E-state index contributed by atoms with van der Waals surface area (Å²) in [6.45, 7) is 0. The molecule has 2 atom stereocenters. The fourth-order valence-corrected chi connectivity index (χ4v) is 0.790. The molecule has 0 spiro atoms. The summed E-state index contributed by atoms with van der Waals surface area (Å²) in [6, 6.07) is 0. The van der Waals surface area contributed by atoms with E-state index in [1.54, 1.807) is 12.2 Å². The van der Waals surface area contributed by atoms with Gasteiger partial charge in [-0.05, 0) is 12.8 Å². The molecular weight excluding hydrogens is 104 g/mol. The molecule has 46 valence electrons. The molecule has 1 aliphatic carbocycles. The largest absolute Gasteiger partial charge is 0.389 e. The van der Waals surface area contributed by atoms with Gasteiger partial charge in [-0.25, -0.2) is 0 Å². The van der Waals surface area contributed by atoms with Gasteiger partial charge in [0.15, 0.2) is 0 Å². The molecule has 0 fully saturated rings. The molecule has 1 rings (SSSR count). The monoisotopic (exact) mass is 114 g/mol. The predicted octanol–water partition coefficient (Wildman–Crippen LogP) is 0.0582. The van der Waals surface area contributed by atoms with Gasteiger partial charge in [0.25, 0.3) is 0 Å². The molecule has 0 aromatic heterocycles. The Bertz CT molecular complexity index is 86.7. The zero-order valence-corrected chi connectivity index (χ0v) is 4.62. The summed E-state index contributed by atoms with van der Waals surface area (Å²) < 4.78 is 0. The van der Waals surface area contributed by atoms with Crippen molar-refractivity contribution in [2.75, 3.05) is 0 Å². The first-order chi connectivity index (χ1) is 3.79. The highest BCUT2D eigenvalue weighted by Crippen LogP contribution is 2.09. The normalized spacial score (nSPS) is 37.8. The molecule has 2 N–H and O–H groups in total. The van der Waals surface area contributed by atoms with Crippen molar-refractivity contribution in [1.82, 2.24) is 0 Å². The second-order valence-electron chi connectivity index (χ2n) is 2.10. The summed E-state index contributed by atoms with van der Waals surface area (Å²) in [5.74, 6) is 0. The van der Waals surface area contributed by atoms with E-state index in [0.717, 1.165) is 0 Å². The molecule has 0 aromatic carbocycles. The summed E-state index contributed by atoms with van der Waals surface area (Å²) in [6.07, 6.45) is 4.01. The maximum Gasteiger partial charge on any atom is 0.0722 e. The summed E-state index contributed by atoms with van der Waals surface area (Å²) in [5, 5.41) is 17.7. The second kappa shape index (κ2) is 2.29. The number of rotatable bonds is 0. The van der Waals surface area contributed by atoms with Crippen LogP contribution in [0.2, 0.25) is 0 Å². The zero-order chi connectivity index (χ0) is 5.98. The van der Waals surface area contributed by atoms with Crippen molar-refractivity contribution in [3.05, 3.63) is 12.2 Å². The maximum absolute atomic E-state index is 8.83. The van der Waals surface area contributed by atoms with Crippen LogP contribution in [0.1, 0.15) is 12.8 Å². The lowest BCUT2D eigenvalue weighted by molar-refractivity contribution is 0.146. The van der Waals surface area contributed by atoms with E-state index in [9.17, 15) is 0 Å². The summed E-state index contributed by atoms with van der Waals surface area (Å²) in [5.41, 5.74) is 0. The molecular formula is C6H10O2. The SMILES string of the molecule is O[C@H]1C=C[C@H](O)CC1. The highest BCUT2D eigenvalue weighted by Gasteiger charge is 2.09. The van der Waals surface area contributed by atoms with E-state index in [2.05, 4.69) is 0 Å². The molecule has 0 heterocycles. The second-order valence-corrected chi connectivity index (χ2v) is 2.10. The number of hydrogen-bond donors (Lipinski definition) is 2. The standard InChI is InChI=1S/C6H10O2/c7-5-1-2-6(8)4-3-5/h1-2,5-8H,3-4H2/t5-,6-/m0/s1. The van der Waals surface area contributed by atoms with Crippen LogP contribution < -0.4 is 0 Å². The molecule has 2 nitrogen and oxygen atoms in total. The molecule has 8 heavy (non-hydrogen) atoms. The molecule has 0 saturated heterocycles. The van der Waals surface area contributed by atoms with Crippen LogP contribution in [0.25, 0.3) is 0 Å². The van der Waals surface area contributed by atoms with Gasteiger partial charge in [-0.1, -0.05) is 12.2 Å². The Morgan fingerprint density at radius 2 is 1.38 bits per heavy atom. The summed E-state index contributed by atoms with van der Waals surface area (Å²) in [7, 11) is 0. The first-order valence-electron chi connectivity index (χ1n) is 2.83. The van der Waals surface area contributed by atoms with Gasteiger partial charge in [-0.3, -0.25) is 0 Å². The van der Waals surface area contributed by atoms with Gasteiger partial charge in [0.05, 0.1) is 12.2 Å². The van der Waals surface area contributed by atoms with E-state index in [1.807, 2.05) is 0 Å². The van der Waals surface area contributed by atoms with Crippen molar-refractivity contribution in [3.63, 3.8) is 0 Å². The third-order valence-corrected chi connectivity index (χ3v) is 1.31. The number of hydrogen-bond acceptors (Lipinski definition) is 2. The summed E-state index contributed by atoms with van der Waals surface area (Å²) >= 11 is 0. The Labute approximate surface area is 48.5 Å². The van der Waals surface area contributed by atoms with Crippen LogP contribution in [0.5, 0.6) is 0 Å². The van der Waals surface area contributed by atoms with Crippen LogP contribution in [0.15, 0.2) is 12.2 Å². The van der Waals surface area contributed by atoms with E-state index >= 15 is 0 Å². The minimum Gasteiger partial charge on any atom is -0.389 e. The molecule has 0 unspecified atom stereocenters. The molecule has 1 aliphatic rings. The van der Waals surface area contributed by atoms with E-state index in [0.29, 0.717) is 12.8 Å². The van der Waals surface area contributed by atoms with Gasteiger partial charge in [0, 0.05) is 0 Å². The topological polar surface area (TPSA) is 40.5 Å². The van der Waals surface area contributed by atoms with Gasteiger partial charge in [0.2, 0.25) is 0 Å². The lowest BCUT2D eigenvalue weighted by atomic mass is 10.0. The average molecular weight is 114 g/mol. The van der Waals surface area contributed by atoms with E-state index in [-0.39, 0.29) is 12.2 Å². The van der Waals surface area contributed by atoms with Gasteiger partial charge in [-0.15, -0.1) is 0 Å². The van der Waals surface area contributed by atoms with Crippen molar-refractivity contribution in [3.8, 4) is 0 Å². The number of aliphatic hydroxyl groups is 2. The molecule has 0 saturated carbocycles. The van der Waals surface area contributed by atoms with Crippen molar-refractivity contribution < 1.29 is 10.2 Å². The minimum absolute atomic E-state index is 0.321. The van der Waals surface area contributed by atoms with Crippen LogP contribution in [0.3, 0.4) is 0 Å². The molecule has 0 radical (unpaired) electrons. The fourth-order valence-electron chi connectivity index (χ4n) is 0.790. The maximum atomic E-state index is 8.83. The van der Waals surface area contributed by atoms with Crippen molar-refractivity contribution >= 4 is 0 Å². The Morgan fingerprint density at radius 1 is 1.00 bits per heavy atom. The Kier molecular flexibility index (Phi) is 1.65. The lowest BCUT2D eigenvalue weighted by Crippen LogP contribution is -2.14. The van der Waals surface area contributed by atoms with Crippen molar-refractivity contribution in [2.24, 2.45) is 0 Å². The van der Waals surface area contributed by atoms with Gasteiger partial charge < -0.3 is 10.2 Å². The van der Waals surface area contributed by atoms with Crippen molar-refractivity contribution in [1.29, 1.82) is 0 Å². The molecule has 0 amide bonds. The van der Waals surface area contributed by atoms with Gasteiger partial charge in [0.1, 0.15) is 0 Å². The highest BCUT2D eigenvalue weighted by molar-refractivity contribution is 4.98. The minimum atomic E-state index is -0.321.